The highest BCUT2D eigenvalue weighted by atomic mass is 16.7. The Kier molecular flexibility index (Phi) is 20.6. The minimum atomic E-state index is -1.58. The molecule has 4 aliphatic rings. The lowest BCUT2D eigenvalue weighted by atomic mass is 9.82. The molecule has 5 rings (SSSR count). The van der Waals surface area contributed by atoms with Crippen LogP contribution >= 0.6 is 0 Å². The number of carbonyl (C=O) groups excluding carboxylic acids is 3. The van der Waals surface area contributed by atoms with Crippen molar-refractivity contribution >= 4 is 18.2 Å². The highest BCUT2D eigenvalue weighted by Crippen LogP contribution is 2.39. The molecule has 0 aliphatic carbocycles. The van der Waals surface area contributed by atoms with Gasteiger partial charge in [-0.1, -0.05) is 37.3 Å². The molecule has 5 N–H and O–H groups in total. The van der Waals surface area contributed by atoms with Crippen LogP contribution in [0.4, 0.5) is 0 Å². The Hall–Kier alpha value is -3.57. The van der Waals surface area contributed by atoms with E-state index in [0.29, 0.717) is 12.8 Å². The first-order valence-electron chi connectivity index (χ1n) is 24.1. The number of phenols is 2. The van der Waals surface area contributed by atoms with Crippen LogP contribution < -0.4 is 0 Å². The molecule has 0 amide bonds. The SMILES string of the molecule is CO[C@@H]1[C@@H](O[C@@H]2O[C@H](C)[C@@H](O[C@H]3C[C@@](C)(O)[C@@H](O)[C@H](C)O3)[C@H](N(C)C)[C@H]2OC(=O)c2cccc(O)c2O)[C@@H](CC=O)C[C@@H](C)[C@@H](O[C@H]2CC[C@H](N(C)C)[C@@H](C)O2)/C=C/C=C/C[C@@H](C)OC(=O)C[C@H]1O. The van der Waals surface area contributed by atoms with Crippen molar-refractivity contribution < 1.29 is 82.5 Å². The first-order valence-corrected chi connectivity index (χ1v) is 24.1. The molecule has 0 unspecified atom stereocenters. The number of aliphatic hydroxyl groups excluding tert-OH is 2. The van der Waals surface area contributed by atoms with E-state index in [-0.39, 0.29) is 42.9 Å². The summed E-state index contributed by atoms with van der Waals surface area (Å²) in [5.74, 6) is -4.13. The molecule has 3 saturated heterocycles. The number of aromatic hydroxyl groups is 2. The second-order valence-corrected chi connectivity index (χ2v) is 19.9. The van der Waals surface area contributed by atoms with Gasteiger partial charge in [-0.15, -0.1) is 0 Å². The van der Waals surface area contributed by atoms with Crippen LogP contribution in [-0.4, -0.2) is 193 Å². The number of benzene rings is 1. The summed E-state index contributed by atoms with van der Waals surface area (Å²) in [6.45, 7) is 10.5. The molecule has 0 spiro atoms. The average molecular weight is 979 g/mol. The second-order valence-electron chi connectivity index (χ2n) is 19.9. The first kappa shape index (κ1) is 56.3. The van der Waals surface area contributed by atoms with Gasteiger partial charge in [0.15, 0.2) is 36.5 Å². The van der Waals surface area contributed by atoms with E-state index in [4.69, 9.17) is 42.6 Å². The summed E-state index contributed by atoms with van der Waals surface area (Å²) in [4.78, 5) is 44.2. The Labute approximate surface area is 406 Å². The fraction of sp³-hybridized carbons (Fsp3) is 0.740. The van der Waals surface area contributed by atoms with Gasteiger partial charge < -0.3 is 82.8 Å². The van der Waals surface area contributed by atoms with Crippen LogP contribution in [0.5, 0.6) is 11.5 Å². The lowest BCUT2D eigenvalue weighted by Gasteiger charge is -2.50. The number of allylic oxidation sites excluding steroid dienone is 2. The van der Waals surface area contributed by atoms with E-state index in [0.717, 1.165) is 12.7 Å². The predicted molar refractivity (Wildman–Crippen MR) is 250 cm³/mol. The molecule has 4 aliphatic heterocycles. The highest BCUT2D eigenvalue weighted by molar-refractivity contribution is 5.93. The lowest BCUT2D eigenvalue weighted by Crippen LogP contribution is -2.66. The van der Waals surface area contributed by atoms with Crippen molar-refractivity contribution in [3.05, 3.63) is 48.1 Å². The number of ether oxygens (including phenoxy) is 9. The number of esters is 2. The van der Waals surface area contributed by atoms with E-state index in [1.54, 1.807) is 39.8 Å². The van der Waals surface area contributed by atoms with Crippen molar-refractivity contribution in [3.63, 3.8) is 0 Å². The third-order valence-electron chi connectivity index (χ3n) is 13.8. The molecule has 0 bridgehead atoms. The zero-order valence-corrected chi connectivity index (χ0v) is 42.0. The number of cyclic esters (lactones) is 1. The van der Waals surface area contributed by atoms with Gasteiger partial charge >= 0.3 is 11.9 Å². The maximum absolute atomic E-state index is 14.2. The number of nitrogens with zero attached hydrogens (tertiary/aromatic N) is 2. The van der Waals surface area contributed by atoms with E-state index in [2.05, 4.69) is 4.90 Å². The van der Waals surface area contributed by atoms with Crippen LogP contribution in [0.3, 0.4) is 0 Å². The smallest absolute Gasteiger partial charge is 0.342 e. The van der Waals surface area contributed by atoms with Crippen molar-refractivity contribution in [2.24, 2.45) is 11.8 Å². The Balaban J connectivity index is 1.58. The van der Waals surface area contributed by atoms with Gasteiger partial charge in [-0.25, -0.2) is 4.79 Å². The number of methoxy groups -OCH3 is 1. The molecule has 4 heterocycles. The van der Waals surface area contributed by atoms with Crippen LogP contribution in [0, 0.1) is 11.8 Å². The number of para-hydroxylation sites is 1. The summed E-state index contributed by atoms with van der Waals surface area (Å²) in [6, 6.07) is 3.11. The van der Waals surface area contributed by atoms with Gasteiger partial charge in [-0.3, -0.25) is 4.79 Å². The molecule has 1 aromatic carbocycles. The van der Waals surface area contributed by atoms with Gasteiger partial charge in [0.2, 0.25) is 0 Å². The Bertz CT molecular complexity index is 1880. The van der Waals surface area contributed by atoms with Crippen molar-refractivity contribution in [2.45, 2.75) is 190 Å². The van der Waals surface area contributed by atoms with E-state index in [1.165, 1.54) is 32.2 Å². The summed E-state index contributed by atoms with van der Waals surface area (Å²) in [6.07, 6.45) is -4.03. The molecule has 390 valence electrons. The molecule has 19 nitrogen and oxygen atoms in total. The third-order valence-corrected chi connectivity index (χ3v) is 13.8. The second kappa shape index (κ2) is 25.2. The minimum absolute atomic E-state index is 0.105. The Morgan fingerprint density at radius 1 is 0.870 bits per heavy atom. The normalized spacial score (nSPS) is 40.7. The molecule has 3 fully saturated rings. The van der Waals surface area contributed by atoms with Gasteiger partial charge in [-0.2, -0.15) is 0 Å². The molecule has 69 heavy (non-hydrogen) atoms. The van der Waals surface area contributed by atoms with Crippen LogP contribution in [0.1, 0.15) is 96.8 Å². The minimum Gasteiger partial charge on any atom is -0.504 e. The van der Waals surface area contributed by atoms with Crippen molar-refractivity contribution in [1.29, 1.82) is 0 Å². The number of likely N-dealkylation sites (N-methyl/N-ethyl adjacent to an activating group) is 2. The van der Waals surface area contributed by atoms with Crippen molar-refractivity contribution in [1.82, 2.24) is 9.80 Å². The Morgan fingerprint density at radius 2 is 1.58 bits per heavy atom. The molecule has 0 aromatic heterocycles. The van der Waals surface area contributed by atoms with E-state index >= 15 is 0 Å². The van der Waals surface area contributed by atoms with Crippen molar-refractivity contribution in [2.75, 3.05) is 35.3 Å². The summed E-state index contributed by atoms with van der Waals surface area (Å²) in [7, 11) is 8.81. The fourth-order valence-electron chi connectivity index (χ4n) is 10.1. The first-order chi connectivity index (χ1) is 32.6. The Morgan fingerprint density at radius 3 is 2.22 bits per heavy atom. The summed E-state index contributed by atoms with van der Waals surface area (Å²) in [5.41, 5.74) is -1.95. The maximum Gasteiger partial charge on any atom is 0.342 e. The largest absolute Gasteiger partial charge is 0.504 e. The summed E-state index contributed by atoms with van der Waals surface area (Å²) >= 11 is 0. The predicted octanol–water partition coefficient (Wildman–Crippen LogP) is 3.60. The van der Waals surface area contributed by atoms with E-state index in [1.807, 2.05) is 52.2 Å². The van der Waals surface area contributed by atoms with Gasteiger partial charge in [0.25, 0.3) is 0 Å². The lowest BCUT2D eigenvalue weighted by molar-refractivity contribution is -0.343. The van der Waals surface area contributed by atoms with Crippen LogP contribution in [0.25, 0.3) is 0 Å². The standard InChI is InChI=1S/C50H78N2O17/c1-27-24-32(22-23-53)44(45(61-11)36(55)25-38(56)62-28(2)16-13-12-14-19-37(27)66-39-21-20-34(51(7)8)29(3)63-39)69-49-46(68-48(59)33-17-15-18-35(54)42(33)57)41(52(9)10)43(30(4)65-49)67-40-26-50(6,60)47(58)31(5)64-40/h12-15,17-19,23,27-32,34,36-37,39-41,43-47,49,54-55,57-58,60H,16,20-22,24-26H2,1-11H3/b13-12+,19-14+/t27-,28-,29-,30-,31+,32+,34+,36-,37+,39+,40+,41+,43-,44+,45+,46-,47+,49+,50-/m1/s1. The average Bonchev–Trinajstić information content (AvgIpc) is 3.26. The molecular weight excluding hydrogens is 901 g/mol. The van der Waals surface area contributed by atoms with Crippen LogP contribution in [0.2, 0.25) is 0 Å². The van der Waals surface area contributed by atoms with Gasteiger partial charge in [-0.05, 0) is 106 Å². The third kappa shape index (κ3) is 14.5. The quantitative estimate of drug-likeness (QED) is 0.108. The zero-order valence-electron chi connectivity index (χ0n) is 42.0. The van der Waals surface area contributed by atoms with Crippen LogP contribution in [0.15, 0.2) is 42.5 Å². The number of rotatable bonds is 13. The molecular formula is C50H78N2O17. The molecule has 0 saturated carbocycles. The maximum atomic E-state index is 14.2. The number of carbonyl (C=O) groups is 3. The van der Waals surface area contributed by atoms with E-state index in [9.17, 15) is 39.9 Å². The number of aliphatic hydroxyl groups is 3. The number of phenolic OH excluding ortho intramolecular Hbond substituents is 2. The summed E-state index contributed by atoms with van der Waals surface area (Å²) in [5, 5.41) is 54.9. The molecule has 19 atom stereocenters. The topological polar surface area (TPSA) is 242 Å². The zero-order chi connectivity index (χ0) is 50.9. The molecule has 0 radical (unpaired) electrons. The molecule has 19 heteroatoms. The van der Waals surface area contributed by atoms with Gasteiger partial charge in [0.1, 0.15) is 36.3 Å². The monoisotopic (exact) mass is 979 g/mol. The van der Waals surface area contributed by atoms with Crippen LogP contribution in [-0.2, 0) is 52.2 Å². The van der Waals surface area contributed by atoms with E-state index < -0.39 is 127 Å². The number of hydrogen-bond donors (Lipinski definition) is 5. The van der Waals surface area contributed by atoms with Gasteiger partial charge in [0, 0.05) is 32.4 Å². The highest BCUT2D eigenvalue weighted by Gasteiger charge is 2.54. The van der Waals surface area contributed by atoms with Gasteiger partial charge in [0.05, 0.1) is 54.7 Å². The fourth-order valence-corrected chi connectivity index (χ4v) is 10.1. The van der Waals surface area contributed by atoms with Crippen molar-refractivity contribution in [3.8, 4) is 11.5 Å². The summed E-state index contributed by atoms with van der Waals surface area (Å²) < 4.78 is 57.2. The number of hydrogen-bond acceptors (Lipinski definition) is 19. The number of aldehydes is 1. The molecule has 1 aromatic rings.